The summed E-state index contributed by atoms with van der Waals surface area (Å²) in [6.07, 6.45) is 5.81. The van der Waals surface area contributed by atoms with E-state index >= 15 is 0 Å². The number of ether oxygens (including phenoxy) is 2. The number of hydrogen-bond donors (Lipinski definition) is 1. The first-order valence-corrected chi connectivity index (χ1v) is 8.84. The molecule has 0 aliphatic heterocycles. The van der Waals surface area contributed by atoms with Crippen LogP contribution in [0.3, 0.4) is 0 Å². The van der Waals surface area contributed by atoms with E-state index in [1.165, 1.54) is 7.11 Å². The van der Waals surface area contributed by atoms with Crippen molar-refractivity contribution in [1.29, 1.82) is 0 Å². The average Bonchev–Trinajstić information content (AvgIpc) is 3.30. The lowest BCUT2D eigenvalue weighted by molar-refractivity contribution is 0.353. The van der Waals surface area contributed by atoms with Gasteiger partial charge in [-0.2, -0.15) is 16.3 Å². The lowest BCUT2D eigenvalue weighted by atomic mass is 10.1. The molecule has 3 aromatic heterocycles. The van der Waals surface area contributed by atoms with Gasteiger partial charge in [0.25, 0.3) is 0 Å². The van der Waals surface area contributed by atoms with Crippen LogP contribution in [-0.4, -0.2) is 40.2 Å². The van der Waals surface area contributed by atoms with E-state index in [1.807, 2.05) is 17.6 Å². The largest absolute Gasteiger partial charge is 0.480 e. The van der Waals surface area contributed by atoms with E-state index in [0.29, 0.717) is 23.4 Å². The summed E-state index contributed by atoms with van der Waals surface area (Å²) in [6, 6.07) is 2.76. The molecular weight excluding hydrogens is 338 g/mol. The zero-order chi connectivity index (χ0) is 17.2. The monoisotopic (exact) mass is 355 g/mol. The van der Waals surface area contributed by atoms with Crippen LogP contribution in [0.1, 0.15) is 12.8 Å². The van der Waals surface area contributed by atoms with Gasteiger partial charge in [0.2, 0.25) is 11.8 Å². The molecular formula is C17H17N5O2S. The van der Waals surface area contributed by atoms with Crippen molar-refractivity contribution in [3.05, 3.63) is 29.2 Å². The Labute approximate surface area is 149 Å². The van der Waals surface area contributed by atoms with Crippen LogP contribution in [0.4, 0.5) is 5.95 Å². The van der Waals surface area contributed by atoms with Crippen LogP contribution in [0.2, 0.25) is 0 Å². The van der Waals surface area contributed by atoms with Crippen LogP contribution < -0.4 is 14.8 Å². The molecule has 0 atom stereocenters. The van der Waals surface area contributed by atoms with Gasteiger partial charge in [0.15, 0.2) is 0 Å². The minimum Gasteiger partial charge on any atom is -0.480 e. The van der Waals surface area contributed by atoms with Gasteiger partial charge in [0.05, 0.1) is 25.5 Å². The lowest BCUT2D eigenvalue weighted by Crippen LogP contribution is -2.07. The Balaban J connectivity index is 1.85. The maximum absolute atomic E-state index is 5.44. The van der Waals surface area contributed by atoms with Crippen molar-refractivity contribution in [2.45, 2.75) is 18.9 Å². The van der Waals surface area contributed by atoms with Gasteiger partial charge in [-0.25, -0.2) is 15.0 Å². The summed E-state index contributed by atoms with van der Waals surface area (Å²) >= 11 is 1.63. The smallest absolute Gasteiger partial charge is 0.319 e. The number of nitrogens with zero attached hydrogens (tertiary/aromatic N) is 4. The van der Waals surface area contributed by atoms with Gasteiger partial charge in [0, 0.05) is 24.0 Å². The quantitative estimate of drug-likeness (QED) is 0.727. The minimum absolute atomic E-state index is 0.253. The molecule has 0 saturated heterocycles. The molecule has 1 aliphatic carbocycles. The maximum atomic E-state index is 5.44. The molecule has 0 radical (unpaired) electrons. The van der Waals surface area contributed by atoms with Crippen molar-refractivity contribution in [3.63, 3.8) is 0 Å². The zero-order valence-electron chi connectivity index (χ0n) is 13.9. The van der Waals surface area contributed by atoms with Crippen LogP contribution in [0.15, 0.2) is 29.2 Å². The summed E-state index contributed by atoms with van der Waals surface area (Å²) in [5.41, 5.74) is 3.40. The van der Waals surface area contributed by atoms with E-state index in [4.69, 9.17) is 14.5 Å². The highest BCUT2D eigenvalue weighted by molar-refractivity contribution is 7.08. The first-order chi connectivity index (χ1) is 12.3. The summed E-state index contributed by atoms with van der Waals surface area (Å²) in [5.74, 6) is 1.02. The predicted molar refractivity (Wildman–Crippen MR) is 96.1 cm³/mol. The molecule has 25 heavy (non-hydrogen) atoms. The average molecular weight is 355 g/mol. The number of nitrogens with one attached hydrogen (secondary N) is 1. The van der Waals surface area contributed by atoms with E-state index in [9.17, 15) is 0 Å². The normalized spacial score (nSPS) is 13.5. The summed E-state index contributed by atoms with van der Waals surface area (Å²) in [5, 5.41) is 7.42. The molecule has 7 nitrogen and oxygen atoms in total. The first kappa shape index (κ1) is 15.8. The summed E-state index contributed by atoms with van der Waals surface area (Å²) < 4.78 is 10.5. The number of hydrogen-bond acceptors (Lipinski definition) is 8. The Morgan fingerprint density at radius 2 is 1.92 bits per heavy atom. The first-order valence-electron chi connectivity index (χ1n) is 7.90. The highest BCUT2D eigenvalue weighted by Crippen LogP contribution is 2.36. The lowest BCUT2D eigenvalue weighted by Gasteiger charge is -2.13. The van der Waals surface area contributed by atoms with E-state index in [2.05, 4.69) is 25.6 Å². The van der Waals surface area contributed by atoms with Crippen LogP contribution in [0, 0.1) is 0 Å². The molecule has 8 heteroatoms. The van der Waals surface area contributed by atoms with Crippen molar-refractivity contribution in [2.24, 2.45) is 0 Å². The molecule has 1 fully saturated rings. The second-order valence-electron chi connectivity index (χ2n) is 5.67. The summed E-state index contributed by atoms with van der Waals surface area (Å²) in [6.45, 7) is 0. The second-order valence-corrected chi connectivity index (χ2v) is 6.45. The molecule has 0 amide bonds. The summed E-state index contributed by atoms with van der Waals surface area (Å²) in [4.78, 5) is 17.7. The van der Waals surface area contributed by atoms with Gasteiger partial charge in [-0.1, -0.05) is 0 Å². The third kappa shape index (κ3) is 3.25. The van der Waals surface area contributed by atoms with Crippen molar-refractivity contribution in [3.8, 4) is 34.3 Å². The molecule has 3 heterocycles. The number of thiophene rings is 1. The van der Waals surface area contributed by atoms with Crippen LogP contribution in [0.25, 0.3) is 22.4 Å². The molecule has 1 saturated carbocycles. The van der Waals surface area contributed by atoms with Gasteiger partial charge in [-0.05, 0) is 35.2 Å². The van der Waals surface area contributed by atoms with E-state index in [-0.39, 0.29) is 6.01 Å². The Bertz CT molecular complexity index is 881. The highest BCUT2D eigenvalue weighted by Gasteiger charge is 2.24. The molecule has 1 N–H and O–H groups in total. The fourth-order valence-electron chi connectivity index (χ4n) is 2.46. The number of rotatable bonds is 6. The number of methoxy groups -OCH3 is 2. The van der Waals surface area contributed by atoms with Crippen LogP contribution >= 0.6 is 11.3 Å². The molecule has 1 aliphatic rings. The van der Waals surface area contributed by atoms with Crippen molar-refractivity contribution < 1.29 is 9.47 Å². The fraction of sp³-hybridized carbons (Fsp3) is 0.294. The van der Waals surface area contributed by atoms with E-state index in [0.717, 1.165) is 29.7 Å². The Hall–Kier alpha value is -2.74. The van der Waals surface area contributed by atoms with Gasteiger partial charge in [-0.15, -0.1) is 0 Å². The molecule has 0 aromatic carbocycles. The van der Waals surface area contributed by atoms with Crippen molar-refractivity contribution in [1.82, 2.24) is 19.9 Å². The molecule has 4 rings (SSSR count). The van der Waals surface area contributed by atoms with Gasteiger partial charge < -0.3 is 14.8 Å². The van der Waals surface area contributed by atoms with Gasteiger partial charge >= 0.3 is 6.01 Å². The van der Waals surface area contributed by atoms with E-state index < -0.39 is 0 Å². The van der Waals surface area contributed by atoms with Crippen LogP contribution in [0.5, 0.6) is 11.9 Å². The highest BCUT2D eigenvalue weighted by atomic mass is 32.1. The van der Waals surface area contributed by atoms with Gasteiger partial charge in [-0.3, -0.25) is 0 Å². The number of aromatic nitrogens is 4. The fourth-order valence-corrected chi connectivity index (χ4v) is 3.12. The second kappa shape index (κ2) is 6.64. The third-order valence-electron chi connectivity index (χ3n) is 3.89. The zero-order valence-corrected chi connectivity index (χ0v) is 14.7. The maximum Gasteiger partial charge on any atom is 0.319 e. The molecule has 0 spiro atoms. The van der Waals surface area contributed by atoms with E-state index in [1.54, 1.807) is 24.6 Å². The Kier molecular flexibility index (Phi) is 4.19. The molecule has 0 bridgehead atoms. The molecule has 128 valence electrons. The molecule has 3 aromatic rings. The Morgan fingerprint density at radius 3 is 2.60 bits per heavy atom. The summed E-state index contributed by atoms with van der Waals surface area (Å²) in [7, 11) is 3.09. The predicted octanol–water partition coefficient (Wildman–Crippen LogP) is 3.25. The van der Waals surface area contributed by atoms with Crippen LogP contribution in [-0.2, 0) is 0 Å². The SMILES string of the molecule is COc1ncc(-c2nc(NC3CC3)ncc2-c2ccsc2)c(OC)n1. The standard InChI is InChI=1S/C17H17N5O2S/c1-23-15-13(8-19-17(22-15)24-2)14-12(10-5-6-25-9-10)7-18-16(21-14)20-11-3-4-11/h5-9,11H,3-4H2,1-2H3,(H,18,20,21). The number of anilines is 1. The van der Waals surface area contributed by atoms with Crippen molar-refractivity contribution in [2.75, 3.05) is 19.5 Å². The van der Waals surface area contributed by atoms with Gasteiger partial charge in [0.1, 0.15) is 0 Å². The van der Waals surface area contributed by atoms with Crippen molar-refractivity contribution >= 4 is 17.3 Å². The topological polar surface area (TPSA) is 82.1 Å². The Morgan fingerprint density at radius 1 is 1.08 bits per heavy atom. The molecule has 0 unspecified atom stereocenters. The third-order valence-corrected chi connectivity index (χ3v) is 4.58. The minimum atomic E-state index is 0.253.